The molecular weight excluding hydrogens is 176 g/mol. The highest BCUT2D eigenvalue weighted by Crippen LogP contribution is 2.20. The summed E-state index contributed by atoms with van der Waals surface area (Å²) in [5.41, 5.74) is 0. The second-order valence-corrected chi connectivity index (χ2v) is 2.90. The van der Waals surface area contributed by atoms with Crippen molar-refractivity contribution in [2.45, 2.75) is 24.6 Å². The van der Waals surface area contributed by atoms with Crippen molar-refractivity contribution in [1.82, 2.24) is 0 Å². The van der Waals surface area contributed by atoms with Crippen LogP contribution in [0.1, 0.15) is 0 Å². The van der Waals surface area contributed by atoms with Crippen molar-refractivity contribution >= 4 is 0 Å². The van der Waals surface area contributed by atoms with Gasteiger partial charge in [-0.15, -0.1) is 0 Å². The molecule has 1 heterocycles. The third-order valence-electron chi connectivity index (χ3n) is 2.25. The van der Waals surface area contributed by atoms with E-state index in [1.165, 1.54) is 7.11 Å². The molecule has 1 aliphatic rings. The lowest BCUT2D eigenvalue weighted by Crippen LogP contribution is -2.55. The molecule has 0 amide bonds. The van der Waals surface area contributed by atoms with Crippen LogP contribution in [0.5, 0.6) is 0 Å². The van der Waals surface area contributed by atoms with Crippen LogP contribution >= 0.6 is 0 Å². The normalized spacial score (nSPS) is 40.6. The van der Waals surface area contributed by atoms with E-state index in [9.17, 15) is 5.11 Å². The SMILES string of the molecule is CO[C@@H]1[C@@H](OC)[C@@H](O)OC[C@@H]1OC. The van der Waals surface area contributed by atoms with Crippen molar-refractivity contribution in [2.24, 2.45) is 0 Å². The molecule has 0 aromatic carbocycles. The quantitative estimate of drug-likeness (QED) is 0.646. The Bertz CT molecular complexity index is 151. The Morgan fingerprint density at radius 1 is 1.08 bits per heavy atom. The molecule has 1 rings (SSSR count). The minimum Gasteiger partial charge on any atom is -0.376 e. The zero-order valence-corrected chi connectivity index (χ0v) is 8.10. The maximum atomic E-state index is 9.40. The fraction of sp³-hybridized carbons (Fsp3) is 1.00. The fourth-order valence-electron chi connectivity index (χ4n) is 1.50. The van der Waals surface area contributed by atoms with Gasteiger partial charge in [-0.2, -0.15) is 0 Å². The van der Waals surface area contributed by atoms with E-state index in [0.29, 0.717) is 6.61 Å². The molecule has 4 atom stereocenters. The van der Waals surface area contributed by atoms with Gasteiger partial charge in [-0.1, -0.05) is 0 Å². The molecule has 1 fully saturated rings. The molecule has 1 saturated heterocycles. The molecule has 0 aromatic rings. The van der Waals surface area contributed by atoms with E-state index >= 15 is 0 Å². The number of hydrogen-bond donors (Lipinski definition) is 1. The minimum atomic E-state index is -0.943. The predicted molar refractivity (Wildman–Crippen MR) is 44.3 cm³/mol. The summed E-state index contributed by atoms with van der Waals surface area (Å²) in [7, 11) is 4.63. The van der Waals surface area contributed by atoms with Gasteiger partial charge in [0.2, 0.25) is 0 Å². The Kier molecular flexibility index (Phi) is 4.08. The van der Waals surface area contributed by atoms with Gasteiger partial charge in [0.25, 0.3) is 0 Å². The first-order valence-corrected chi connectivity index (χ1v) is 4.12. The van der Waals surface area contributed by atoms with E-state index in [1.54, 1.807) is 14.2 Å². The first kappa shape index (κ1) is 10.9. The maximum absolute atomic E-state index is 9.40. The number of aliphatic hydroxyl groups excluding tert-OH is 1. The van der Waals surface area contributed by atoms with Crippen LogP contribution in [0.4, 0.5) is 0 Å². The second kappa shape index (κ2) is 4.88. The third-order valence-corrected chi connectivity index (χ3v) is 2.25. The summed E-state index contributed by atoms with van der Waals surface area (Å²) in [6.45, 7) is 0.316. The van der Waals surface area contributed by atoms with Gasteiger partial charge in [-0.3, -0.25) is 0 Å². The summed E-state index contributed by atoms with van der Waals surface area (Å²) >= 11 is 0. The number of rotatable bonds is 3. The average molecular weight is 192 g/mol. The van der Waals surface area contributed by atoms with Crippen molar-refractivity contribution in [3.63, 3.8) is 0 Å². The van der Waals surface area contributed by atoms with Crippen molar-refractivity contribution < 1.29 is 24.1 Å². The Balaban J connectivity index is 2.64. The average Bonchev–Trinajstić information content (AvgIpc) is 2.17. The predicted octanol–water partition coefficient (Wildman–Crippen LogP) is -0.620. The fourth-order valence-corrected chi connectivity index (χ4v) is 1.50. The van der Waals surface area contributed by atoms with Crippen LogP contribution in [0.15, 0.2) is 0 Å². The van der Waals surface area contributed by atoms with Gasteiger partial charge in [-0.25, -0.2) is 0 Å². The van der Waals surface area contributed by atoms with Crippen LogP contribution < -0.4 is 0 Å². The summed E-state index contributed by atoms with van der Waals surface area (Å²) < 4.78 is 20.4. The summed E-state index contributed by atoms with van der Waals surface area (Å²) in [6.07, 6.45) is -1.93. The number of hydrogen-bond acceptors (Lipinski definition) is 5. The maximum Gasteiger partial charge on any atom is 0.183 e. The molecule has 0 spiro atoms. The van der Waals surface area contributed by atoms with Crippen LogP contribution in [-0.2, 0) is 18.9 Å². The van der Waals surface area contributed by atoms with E-state index in [0.717, 1.165) is 0 Å². The molecule has 78 valence electrons. The van der Waals surface area contributed by atoms with Crippen molar-refractivity contribution in [3.8, 4) is 0 Å². The zero-order valence-electron chi connectivity index (χ0n) is 8.10. The molecule has 0 saturated carbocycles. The van der Waals surface area contributed by atoms with Gasteiger partial charge in [0.05, 0.1) is 6.61 Å². The summed E-state index contributed by atoms with van der Waals surface area (Å²) in [4.78, 5) is 0. The molecule has 13 heavy (non-hydrogen) atoms. The zero-order chi connectivity index (χ0) is 9.84. The largest absolute Gasteiger partial charge is 0.376 e. The molecule has 1 N–H and O–H groups in total. The van der Waals surface area contributed by atoms with Crippen LogP contribution in [0.3, 0.4) is 0 Å². The third kappa shape index (κ3) is 2.18. The van der Waals surface area contributed by atoms with E-state index < -0.39 is 12.4 Å². The number of methoxy groups -OCH3 is 3. The van der Waals surface area contributed by atoms with Gasteiger partial charge in [-0.05, 0) is 0 Å². The Morgan fingerprint density at radius 3 is 2.15 bits per heavy atom. The smallest absolute Gasteiger partial charge is 0.183 e. The summed E-state index contributed by atoms with van der Waals surface area (Å²) in [6, 6.07) is 0. The molecule has 0 aliphatic carbocycles. The van der Waals surface area contributed by atoms with Crippen molar-refractivity contribution in [3.05, 3.63) is 0 Å². The topological polar surface area (TPSA) is 57.2 Å². The first-order valence-electron chi connectivity index (χ1n) is 4.12. The lowest BCUT2D eigenvalue weighted by Gasteiger charge is -2.38. The highest BCUT2D eigenvalue weighted by atomic mass is 16.7. The molecule has 0 unspecified atom stereocenters. The van der Waals surface area contributed by atoms with E-state index in [-0.39, 0.29) is 12.2 Å². The van der Waals surface area contributed by atoms with Gasteiger partial charge < -0.3 is 24.1 Å². The van der Waals surface area contributed by atoms with Crippen molar-refractivity contribution in [2.75, 3.05) is 27.9 Å². The molecule has 5 heteroatoms. The molecule has 0 radical (unpaired) electrons. The van der Waals surface area contributed by atoms with Gasteiger partial charge in [0, 0.05) is 21.3 Å². The lowest BCUT2D eigenvalue weighted by atomic mass is 10.1. The van der Waals surface area contributed by atoms with E-state index in [2.05, 4.69) is 0 Å². The highest BCUT2D eigenvalue weighted by molar-refractivity contribution is 4.85. The van der Waals surface area contributed by atoms with Crippen LogP contribution in [0, 0.1) is 0 Å². The highest BCUT2D eigenvalue weighted by Gasteiger charge is 2.40. The molecule has 1 aliphatic heterocycles. The monoisotopic (exact) mass is 192 g/mol. The number of aliphatic hydroxyl groups is 1. The second-order valence-electron chi connectivity index (χ2n) is 2.90. The van der Waals surface area contributed by atoms with Crippen molar-refractivity contribution in [1.29, 1.82) is 0 Å². The summed E-state index contributed by atoms with van der Waals surface area (Å²) in [5.74, 6) is 0. The van der Waals surface area contributed by atoms with Crippen LogP contribution in [0.2, 0.25) is 0 Å². The molecule has 5 nitrogen and oxygen atoms in total. The van der Waals surface area contributed by atoms with Gasteiger partial charge in [0.1, 0.15) is 18.3 Å². The van der Waals surface area contributed by atoms with Gasteiger partial charge >= 0.3 is 0 Å². The Hall–Kier alpha value is -0.200. The molecule has 0 aromatic heterocycles. The van der Waals surface area contributed by atoms with Gasteiger partial charge in [0.15, 0.2) is 6.29 Å². The lowest BCUT2D eigenvalue weighted by molar-refractivity contribution is -0.267. The Labute approximate surface area is 77.5 Å². The molecule has 0 bridgehead atoms. The Morgan fingerprint density at radius 2 is 1.69 bits per heavy atom. The van der Waals surface area contributed by atoms with E-state index in [1.807, 2.05) is 0 Å². The minimum absolute atomic E-state index is 0.196. The van der Waals surface area contributed by atoms with Crippen LogP contribution in [-0.4, -0.2) is 57.6 Å². The number of ether oxygens (including phenoxy) is 4. The molecular formula is C8H16O5. The summed E-state index contributed by atoms with van der Waals surface area (Å²) in [5, 5.41) is 9.40. The van der Waals surface area contributed by atoms with E-state index in [4.69, 9.17) is 18.9 Å². The first-order chi connectivity index (χ1) is 6.24. The standard InChI is InChI=1S/C8H16O5/c1-10-5-4-13-8(9)7(12-3)6(5)11-2/h5-9H,4H2,1-3H3/t5-,6-,7+,8-/m0/s1. The van der Waals surface area contributed by atoms with Crippen LogP contribution in [0.25, 0.3) is 0 Å².